The molecule has 0 atom stereocenters. The van der Waals surface area contributed by atoms with Crippen molar-refractivity contribution < 1.29 is 9.59 Å². The van der Waals surface area contributed by atoms with Gasteiger partial charge in [0.25, 0.3) is 0 Å². The van der Waals surface area contributed by atoms with Crippen molar-refractivity contribution in [2.45, 2.75) is 13.1 Å². The third-order valence-corrected chi connectivity index (χ3v) is 2.96. The molecule has 0 spiro atoms. The molecule has 4 heteroatoms. The van der Waals surface area contributed by atoms with Gasteiger partial charge in [-0.3, -0.25) is 9.59 Å². The normalized spacial score (nSPS) is 9.00. The maximum atomic E-state index is 11.4. The van der Waals surface area contributed by atoms with Crippen molar-refractivity contribution in [3.8, 4) is 0 Å². The number of benzene rings is 1. The van der Waals surface area contributed by atoms with E-state index in [9.17, 15) is 9.59 Å². The highest BCUT2D eigenvalue weighted by atomic mass is 16.2. The van der Waals surface area contributed by atoms with Crippen LogP contribution in [0.2, 0.25) is 0 Å². The minimum atomic E-state index is -0.106. The summed E-state index contributed by atoms with van der Waals surface area (Å²) in [7, 11) is 3.46. The first-order valence-electron chi connectivity index (χ1n) is 6.80. The lowest BCUT2D eigenvalue weighted by Crippen LogP contribution is -2.24. The van der Waals surface area contributed by atoms with E-state index in [1.807, 2.05) is 24.3 Å². The number of hydrogen-bond acceptors (Lipinski definition) is 2. The molecule has 118 valence electrons. The van der Waals surface area contributed by atoms with Gasteiger partial charge in [-0.15, -0.1) is 13.2 Å². The van der Waals surface area contributed by atoms with Crippen LogP contribution in [-0.2, 0) is 22.7 Å². The highest BCUT2D eigenvalue weighted by molar-refractivity contribution is 5.87. The SMILES string of the molecule is C=C.C=CC(=O)N(C)Cc1ccc(CN(C)C(=O)C=C)cc1. The van der Waals surface area contributed by atoms with Gasteiger partial charge in [0.1, 0.15) is 0 Å². The molecule has 0 N–H and O–H groups in total. The molecule has 0 bridgehead atoms. The van der Waals surface area contributed by atoms with Gasteiger partial charge in [-0.05, 0) is 23.3 Å². The Kier molecular flexibility index (Phi) is 8.95. The maximum absolute atomic E-state index is 11.4. The fourth-order valence-corrected chi connectivity index (χ4v) is 1.77. The molecule has 0 aliphatic rings. The van der Waals surface area contributed by atoms with Crippen molar-refractivity contribution in [1.29, 1.82) is 0 Å². The van der Waals surface area contributed by atoms with Crippen LogP contribution in [0.25, 0.3) is 0 Å². The first-order valence-corrected chi connectivity index (χ1v) is 6.80. The lowest BCUT2D eigenvalue weighted by atomic mass is 10.1. The van der Waals surface area contributed by atoms with Crippen LogP contribution in [0.3, 0.4) is 0 Å². The summed E-state index contributed by atoms with van der Waals surface area (Å²) in [5.74, 6) is -0.212. The largest absolute Gasteiger partial charge is 0.338 e. The van der Waals surface area contributed by atoms with Gasteiger partial charge in [-0.25, -0.2) is 0 Å². The predicted octanol–water partition coefficient (Wildman–Crippen LogP) is 2.78. The van der Waals surface area contributed by atoms with Crippen LogP contribution >= 0.6 is 0 Å². The zero-order chi connectivity index (χ0) is 17.1. The molecule has 0 saturated heterocycles. The molecular weight excluding hydrogens is 276 g/mol. The quantitative estimate of drug-likeness (QED) is 0.599. The number of amides is 2. The average Bonchev–Trinajstić information content (AvgIpc) is 2.56. The molecule has 2 amide bonds. The van der Waals surface area contributed by atoms with Gasteiger partial charge >= 0.3 is 0 Å². The van der Waals surface area contributed by atoms with Gasteiger partial charge in [0.15, 0.2) is 0 Å². The van der Waals surface area contributed by atoms with E-state index >= 15 is 0 Å². The zero-order valence-electron chi connectivity index (χ0n) is 13.4. The molecule has 1 aromatic carbocycles. The molecule has 0 aliphatic carbocycles. The van der Waals surface area contributed by atoms with Gasteiger partial charge in [0, 0.05) is 27.2 Å². The summed E-state index contributed by atoms with van der Waals surface area (Å²) < 4.78 is 0. The smallest absolute Gasteiger partial charge is 0.245 e. The Morgan fingerprint density at radius 2 is 1.14 bits per heavy atom. The van der Waals surface area contributed by atoms with E-state index in [0.29, 0.717) is 13.1 Å². The number of hydrogen-bond donors (Lipinski definition) is 0. The van der Waals surface area contributed by atoms with Crippen LogP contribution in [0.4, 0.5) is 0 Å². The lowest BCUT2D eigenvalue weighted by molar-refractivity contribution is -0.126. The van der Waals surface area contributed by atoms with Crippen molar-refractivity contribution >= 4 is 11.8 Å². The molecule has 4 nitrogen and oxygen atoms in total. The van der Waals surface area contributed by atoms with Gasteiger partial charge < -0.3 is 9.80 Å². The van der Waals surface area contributed by atoms with E-state index in [0.717, 1.165) is 11.1 Å². The van der Waals surface area contributed by atoms with E-state index in [1.54, 1.807) is 23.9 Å². The second-order valence-corrected chi connectivity index (χ2v) is 4.61. The average molecular weight is 300 g/mol. The van der Waals surface area contributed by atoms with E-state index in [2.05, 4.69) is 26.3 Å². The first kappa shape index (κ1) is 19.4. The molecule has 0 radical (unpaired) electrons. The molecular formula is C18H24N2O2. The molecule has 1 rings (SSSR count). The van der Waals surface area contributed by atoms with Crippen molar-refractivity contribution in [3.63, 3.8) is 0 Å². The van der Waals surface area contributed by atoms with Crippen LogP contribution in [-0.4, -0.2) is 35.7 Å². The predicted molar refractivity (Wildman–Crippen MR) is 91.0 cm³/mol. The summed E-state index contributed by atoms with van der Waals surface area (Å²) >= 11 is 0. The van der Waals surface area contributed by atoms with Gasteiger partial charge in [0.05, 0.1) is 0 Å². The zero-order valence-corrected chi connectivity index (χ0v) is 13.4. The fourth-order valence-electron chi connectivity index (χ4n) is 1.77. The van der Waals surface area contributed by atoms with Gasteiger partial charge in [-0.1, -0.05) is 37.4 Å². The first-order chi connectivity index (χ1) is 10.5. The van der Waals surface area contributed by atoms with E-state index in [-0.39, 0.29) is 11.8 Å². The van der Waals surface area contributed by atoms with Crippen molar-refractivity contribution in [2.75, 3.05) is 14.1 Å². The highest BCUT2D eigenvalue weighted by Crippen LogP contribution is 2.09. The Balaban J connectivity index is 0.00000211. The number of nitrogens with zero attached hydrogens (tertiary/aromatic N) is 2. The lowest BCUT2D eigenvalue weighted by Gasteiger charge is -2.17. The van der Waals surface area contributed by atoms with Crippen LogP contribution in [0.15, 0.2) is 62.7 Å². The standard InChI is InChI=1S/C16H20N2O2.C2H4/c1-5-15(19)17(3)11-13-7-9-14(10-8-13)12-18(4)16(20)6-2;1-2/h5-10H,1-2,11-12H2,3-4H3;1-2H2. The van der Waals surface area contributed by atoms with Crippen molar-refractivity contribution in [2.24, 2.45) is 0 Å². The van der Waals surface area contributed by atoms with Crippen LogP contribution in [0.1, 0.15) is 11.1 Å². The summed E-state index contributed by atoms with van der Waals surface area (Å²) in [5, 5.41) is 0. The summed E-state index contributed by atoms with van der Waals surface area (Å²) in [4.78, 5) is 26.0. The fraction of sp³-hybridized carbons (Fsp3) is 0.222. The third-order valence-electron chi connectivity index (χ3n) is 2.96. The van der Waals surface area contributed by atoms with Crippen molar-refractivity contribution in [3.05, 3.63) is 73.9 Å². The maximum Gasteiger partial charge on any atom is 0.245 e. The topological polar surface area (TPSA) is 40.6 Å². The Morgan fingerprint density at radius 3 is 1.36 bits per heavy atom. The second kappa shape index (κ2) is 10.2. The molecule has 0 aliphatic heterocycles. The molecule has 0 saturated carbocycles. The molecule has 0 aromatic heterocycles. The van der Waals surface area contributed by atoms with Crippen LogP contribution < -0.4 is 0 Å². The molecule has 1 aromatic rings. The van der Waals surface area contributed by atoms with Crippen LogP contribution in [0.5, 0.6) is 0 Å². The Labute approximate surface area is 133 Å². The number of likely N-dealkylation sites (N-methyl/N-ethyl adjacent to an activating group) is 2. The van der Waals surface area contributed by atoms with E-state index in [4.69, 9.17) is 0 Å². The Bertz CT molecular complexity index is 473. The Hall–Kier alpha value is -2.62. The monoisotopic (exact) mass is 300 g/mol. The van der Waals surface area contributed by atoms with E-state index in [1.165, 1.54) is 12.2 Å². The third kappa shape index (κ3) is 6.22. The minimum absolute atomic E-state index is 0.106. The minimum Gasteiger partial charge on any atom is -0.338 e. The van der Waals surface area contributed by atoms with Gasteiger partial charge in [-0.2, -0.15) is 0 Å². The Morgan fingerprint density at radius 1 is 0.864 bits per heavy atom. The van der Waals surface area contributed by atoms with Crippen LogP contribution in [0, 0.1) is 0 Å². The van der Waals surface area contributed by atoms with E-state index < -0.39 is 0 Å². The highest BCUT2D eigenvalue weighted by Gasteiger charge is 2.07. The molecule has 0 heterocycles. The van der Waals surface area contributed by atoms with Gasteiger partial charge in [0.2, 0.25) is 11.8 Å². The summed E-state index contributed by atoms with van der Waals surface area (Å²) in [6, 6.07) is 7.81. The number of rotatable bonds is 6. The number of carbonyl (C=O) groups excluding carboxylic acids is 2. The summed E-state index contributed by atoms with van der Waals surface area (Å²) in [6.07, 6.45) is 2.59. The molecule has 0 unspecified atom stereocenters. The second-order valence-electron chi connectivity index (χ2n) is 4.61. The summed E-state index contributed by atoms with van der Waals surface area (Å²) in [5.41, 5.74) is 2.06. The van der Waals surface area contributed by atoms with Crippen molar-refractivity contribution in [1.82, 2.24) is 9.80 Å². The molecule has 22 heavy (non-hydrogen) atoms. The number of carbonyl (C=O) groups is 2. The summed E-state index contributed by atoms with van der Waals surface area (Å²) in [6.45, 7) is 14.0. The molecule has 0 fully saturated rings.